The van der Waals surface area contributed by atoms with Gasteiger partial charge in [0.2, 0.25) is 5.91 Å². The highest BCUT2D eigenvalue weighted by Crippen LogP contribution is 2.14. The summed E-state index contributed by atoms with van der Waals surface area (Å²) in [5.74, 6) is 0.00974. The van der Waals surface area contributed by atoms with Crippen LogP contribution in [0.1, 0.15) is 12.1 Å². The lowest BCUT2D eigenvalue weighted by Gasteiger charge is -2.07. The van der Waals surface area contributed by atoms with Gasteiger partial charge in [-0.1, -0.05) is 5.21 Å². The Hall–Kier alpha value is -1.73. The van der Waals surface area contributed by atoms with Gasteiger partial charge in [0.15, 0.2) is 0 Å². The molecule has 1 saturated heterocycles. The van der Waals surface area contributed by atoms with Crippen LogP contribution in [0.3, 0.4) is 0 Å². The molecule has 3 heterocycles. The molecule has 7 heteroatoms. The van der Waals surface area contributed by atoms with E-state index < -0.39 is 0 Å². The molecule has 1 fully saturated rings. The minimum absolute atomic E-state index is 0.0210. The van der Waals surface area contributed by atoms with Crippen molar-refractivity contribution >= 4 is 17.2 Å². The first kappa shape index (κ1) is 12.3. The van der Waals surface area contributed by atoms with Crippen LogP contribution >= 0.6 is 11.3 Å². The second-order valence-electron chi connectivity index (χ2n) is 4.38. The summed E-state index contributed by atoms with van der Waals surface area (Å²) in [6.45, 7) is 1.60. The molecule has 6 nitrogen and oxygen atoms in total. The lowest BCUT2D eigenvalue weighted by atomic mass is 10.1. The molecule has 0 bridgehead atoms. The molecule has 3 rings (SSSR count). The normalized spacial score (nSPS) is 18.6. The molecule has 0 radical (unpaired) electrons. The average molecular weight is 278 g/mol. The molecule has 2 aromatic rings. The first-order valence-corrected chi connectivity index (χ1v) is 7.01. The molecule has 1 N–H and O–H groups in total. The molecular formula is C12H14N4O2S. The van der Waals surface area contributed by atoms with Crippen LogP contribution < -0.4 is 5.32 Å². The van der Waals surface area contributed by atoms with Gasteiger partial charge in [-0.15, -0.1) is 16.4 Å². The van der Waals surface area contributed by atoms with E-state index in [4.69, 9.17) is 4.74 Å². The van der Waals surface area contributed by atoms with Gasteiger partial charge >= 0.3 is 0 Å². The lowest BCUT2D eigenvalue weighted by Crippen LogP contribution is -2.30. The van der Waals surface area contributed by atoms with Gasteiger partial charge in [-0.25, -0.2) is 4.68 Å². The number of thiophene rings is 1. The molecule has 1 atom stereocenters. The van der Waals surface area contributed by atoms with E-state index in [0.29, 0.717) is 19.8 Å². The monoisotopic (exact) mass is 278 g/mol. The zero-order valence-electron chi connectivity index (χ0n) is 10.3. The summed E-state index contributed by atoms with van der Waals surface area (Å²) in [6, 6.07) is 3.93. The van der Waals surface area contributed by atoms with E-state index in [9.17, 15) is 4.79 Å². The maximum atomic E-state index is 11.8. The Morgan fingerprint density at radius 1 is 1.63 bits per heavy atom. The number of aromatic nitrogens is 3. The van der Waals surface area contributed by atoms with Crippen molar-refractivity contribution in [3.8, 4) is 5.00 Å². The van der Waals surface area contributed by atoms with Gasteiger partial charge in [0.25, 0.3) is 0 Å². The van der Waals surface area contributed by atoms with E-state index in [0.717, 1.165) is 17.1 Å². The molecule has 2 aromatic heterocycles. The first-order valence-electron chi connectivity index (χ1n) is 6.13. The van der Waals surface area contributed by atoms with E-state index in [1.807, 2.05) is 23.7 Å². The van der Waals surface area contributed by atoms with E-state index in [-0.39, 0.29) is 11.8 Å². The number of hydrogen-bond donors (Lipinski definition) is 1. The zero-order chi connectivity index (χ0) is 13.1. The summed E-state index contributed by atoms with van der Waals surface area (Å²) >= 11 is 1.59. The molecule has 100 valence electrons. The highest BCUT2D eigenvalue weighted by atomic mass is 32.1. The molecule has 1 aliphatic heterocycles. The molecule has 0 unspecified atom stereocenters. The van der Waals surface area contributed by atoms with Gasteiger partial charge in [-0.2, -0.15) is 0 Å². The number of ether oxygens (including phenoxy) is 1. The van der Waals surface area contributed by atoms with Crippen LogP contribution in [0, 0.1) is 5.92 Å². The van der Waals surface area contributed by atoms with Crippen molar-refractivity contribution in [3.05, 3.63) is 29.4 Å². The number of amides is 1. The molecule has 1 aliphatic rings. The number of nitrogens with zero attached hydrogens (tertiary/aromatic N) is 3. The SMILES string of the molecule is O=C(NCc1cn(-c2cccs2)nn1)[C@@H]1CCOC1. The van der Waals surface area contributed by atoms with Crippen molar-refractivity contribution in [2.45, 2.75) is 13.0 Å². The first-order chi connectivity index (χ1) is 9.33. The van der Waals surface area contributed by atoms with Gasteiger partial charge < -0.3 is 10.1 Å². The van der Waals surface area contributed by atoms with Gasteiger partial charge in [-0.05, 0) is 23.9 Å². The lowest BCUT2D eigenvalue weighted by molar-refractivity contribution is -0.125. The van der Waals surface area contributed by atoms with Gasteiger partial charge in [0.1, 0.15) is 10.7 Å². The van der Waals surface area contributed by atoms with Crippen LogP contribution in [0.5, 0.6) is 0 Å². The fourth-order valence-electron chi connectivity index (χ4n) is 1.95. The third-order valence-corrected chi connectivity index (χ3v) is 3.87. The van der Waals surface area contributed by atoms with Gasteiger partial charge in [0, 0.05) is 6.61 Å². The van der Waals surface area contributed by atoms with Crippen LogP contribution in [0.2, 0.25) is 0 Å². The Morgan fingerprint density at radius 2 is 2.58 bits per heavy atom. The molecule has 1 amide bonds. The van der Waals surface area contributed by atoms with Crippen LogP contribution in [0.25, 0.3) is 5.00 Å². The Morgan fingerprint density at radius 3 is 3.32 bits per heavy atom. The molecular weight excluding hydrogens is 264 g/mol. The predicted octanol–water partition coefficient (Wildman–Crippen LogP) is 0.981. The molecule has 0 saturated carbocycles. The second-order valence-corrected chi connectivity index (χ2v) is 5.31. The van der Waals surface area contributed by atoms with Crippen molar-refractivity contribution in [1.29, 1.82) is 0 Å². The number of carbonyl (C=O) groups excluding carboxylic acids is 1. The highest BCUT2D eigenvalue weighted by molar-refractivity contribution is 7.12. The van der Waals surface area contributed by atoms with Crippen molar-refractivity contribution in [2.75, 3.05) is 13.2 Å². The molecule has 0 aromatic carbocycles. The summed E-state index contributed by atoms with van der Waals surface area (Å²) in [4.78, 5) is 11.8. The Balaban J connectivity index is 1.57. The summed E-state index contributed by atoms with van der Waals surface area (Å²) < 4.78 is 6.90. The number of nitrogens with one attached hydrogen (secondary N) is 1. The minimum atomic E-state index is -0.0210. The van der Waals surface area contributed by atoms with E-state index in [2.05, 4.69) is 15.6 Å². The fraction of sp³-hybridized carbons (Fsp3) is 0.417. The Labute approximate surface area is 114 Å². The maximum Gasteiger partial charge on any atom is 0.225 e. The summed E-state index contributed by atoms with van der Waals surface area (Å²) in [5, 5.41) is 13.9. The number of carbonyl (C=O) groups is 1. The van der Waals surface area contributed by atoms with Crippen LogP contribution in [0.4, 0.5) is 0 Å². The third-order valence-electron chi connectivity index (χ3n) is 3.02. The predicted molar refractivity (Wildman–Crippen MR) is 70.0 cm³/mol. The van der Waals surface area contributed by atoms with E-state index in [1.165, 1.54) is 0 Å². The van der Waals surface area contributed by atoms with Gasteiger partial charge in [-0.3, -0.25) is 4.79 Å². The maximum absolute atomic E-state index is 11.8. The van der Waals surface area contributed by atoms with Gasteiger partial charge in [0.05, 0.1) is 25.3 Å². The topological polar surface area (TPSA) is 69.0 Å². The quantitative estimate of drug-likeness (QED) is 0.905. The average Bonchev–Trinajstić information content (AvgIpc) is 3.14. The standard InChI is InChI=1S/C12H14N4O2S/c17-12(9-3-4-18-8-9)13-6-10-7-16(15-14-10)11-2-1-5-19-11/h1-2,5,7,9H,3-4,6,8H2,(H,13,17)/t9-/m1/s1. The van der Waals surface area contributed by atoms with Crippen molar-refractivity contribution in [3.63, 3.8) is 0 Å². The van der Waals surface area contributed by atoms with Crippen LogP contribution in [-0.2, 0) is 16.1 Å². The van der Waals surface area contributed by atoms with Crippen molar-refractivity contribution in [1.82, 2.24) is 20.3 Å². The van der Waals surface area contributed by atoms with Crippen LogP contribution in [-0.4, -0.2) is 34.1 Å². The smallest absolute Gasteiger partial charge is 0.225 e. The van der Waals surface area contributed by atoms with Crippen LogP contribution in [0.15, 0.2) is 23.7 Å². The molecule has 0 aliphatic carbocycles. The van der Waals surface area contributed by atoms with E-state index >= 15 is 0 Å². The largest absolute Gasteiger partial charge is 0.381 e. The van der Waals surface area contributed by atoms with Crippen molar-refractivity contribution in [2.24, 2.45) is 5.92 Å². The Kier molecular flexibility index (Phi) is 3.56. The Bertz CT molecular complexity index is 546. The summed E-state index contributed by atoms with van der Waals surface area (Å²) in [5.41, 5.74) is 0.751. The molecule has 0 spiro atoms. The number of hydrogen-bond acceptors (Lipinski definition) is 5. The third kappa shape index (κ3) is 2.82. The number of rotatable bonds is 4. The minimum Gasteiger partial charge on any atom is -0.381 e. The zero-order valence-corrected chi connectivity index (χ0v) is 11.1. The highest BCUT2D eigenvalue weighted by Gasteiger charge is 2.23. The fourth-order valence-corrected chi connectivity index (χ4v) is 2.60. The van der Waals surface area contributed by atoms with Crippen molar-refractivity contribution < 1.29 is 9.53 Å². The summed E-state index contributed by atoms with van der Waals surface area (Å²) in [7, 11) is 0. The second kappa shape index (κ2) is 5.50. The molecule has 19 heavy (non-hydrogen) atoms. The van der Waals surface area contributed by atoms with E-state index in [1.54, 1.807) is 16.0 Å². The summed E-state index contributed by atoms with van der Waals surface area (Å²) in [6.07, 6.45) is 2.63.